The van der Waals surface area contributed by atoms with Gasteiger partial charge in [0.15, 0.2) is 0 Å². The molecular weight excluding hydrogens is 146 g/mol. The van der Waals surface area contributed by atoms with Gasteiger partial charge in [-0.15, -0.1) is 0 Å². The summed E-state index contributed by atoms with van der Waals surface area (Å²) in [6.45, 7) is 8.25. The summed E-state index contributed by atoms with van der Waals surface area (Å²) in [5.41, 5.74) is 1.11. The zero-order valence-corrected chi connectivity index (χ0v) is 7.80. The Labute approximate surface area is 73.5 Å². The molecule has 64 valence electrons. The Bertz CT molecular complexity index is 352. The van der Waals surface area contributed by atoms with Gasteiger partial charge in [-0.3, -0.25) is 4.98 Å². The second-order valence-electron chi connectivity index (χ2n) is 2.79. The van der Waals surface area contributed by atoms with E-state index in [1.165, 1.54) is 5.22 Å². The SMILES string of the molecule is C=c1c(CC)ncc/c1=C/CC. The van der Waals surface area contributed by atoms with E-state index in [-0.39, 0.29) is 0 Å². The third kappa shape index (κ3) is 1.73. The number of aromatic nitrogens is 1. The maximum atomic E-state index is 4.26. The Morgan fingerprint density at radius 3 is 2.83 bits per heavy atom. The Morgan fingerprint density at radius 1 is 1.50 bits per heavy atom. The zero-order valence-electron chi connectivity index (χ0n) is 7.80. The van der Waals surface area contributed by atoms with Crippen molar-refractivity contribution < 1.29 is 0 Å². The van der Waals surface area contributed by atoms with Gasteiger partial charge < -0.3 is 0 Å². The van der Waals surface area contributed by atoms with E-state index in [1.54, 1.807) is 0 Å². The van der Waals surface area contributed by atoms with Crippen LogP contribution in [0.1, 0.15) is 26.0 Å². The van der Waals surface area contributed by atoms with Crippen LogP contribution in [0.2, 0.25) is 0 Å². The average molecular weight is 161 g/mol. The molecule has 1 aromatic heterocycles. The van der Waals surface area contributed by atoms with Gasteiger partial charge >= 0.3 is 0 Å². The van der Waals surface area contributed by atoms with Crippen LogP contribution < -0.4 is 10.4 Å². The number of nitrogens with zero attached hydrogens (tertiary/aromatic N) is 1. The van der Waals surface area contributed by atoms with E-state index in [1.807, 2.05) is 12.3 Å². The summed E-state index contributed by atoms with van der Waals surface area (Å²) in [4.78, 5) is 4.26. The van der Waals surface area contributed by atoms with Crippen molar-refractivity contribution in [3.8, 4) is 0 Å². The third-order valence-corrected chi connectivity index (χ3v) is 1.94. The van der Waals surface area contributed by atoms with E-state index in [9.17, 15) is 0 Å². The molecule has 1 heteroatoms. The Kier molecular flexibility index (Phi) is 3.03. The van der Waals surface area contributed by atoms with Crippen molar-refractivity contribution in [2.24, 2.45) is 0 Å². The maximum Gasteiger partial charge on any atom is 0.0473 e. The van der Waals surface area contributed by atoms with Gasteiger partial charge in [-0.1, -0.05) is 26.5 Å². The van der Waals surface area contributed by atoms with E-state index < -0.39 is 0 Å². The summed E-state index contributed by atoms with van der Waals surface area (Å²) in [5.74, 6) is 0. The highest BCUT2D eigenvalue weighted by molar-refractivity contribution is 5.27. The molecule has 0 saturated heterocycles. The van der Waals surface area contributed by atoms with Crippen LogP contribution in [0.15, 0.2) is 12.3 Å². The Morgan fingerprint density at radius 2 is 2.25 bits per heavy atom. The topological polar surface area (TPSA) is 12.9 Å². The summed E-state index contributed by atoms with van der Waals surface area (Å²) in [6, 6.07) is 2.02. The van der Waals surface area contributed by atoms with Crippen LogP contribution >= 0.6 is 0 Å². The highest BCUT2D eigenvalue weighted by Gasteiger charge is 1.91. The van der Waals surface area contributed by atoms with Gasteiger partial charge in [0, 0.05) is 11.9 Å². The molecule has 0 aliphatic heterocycles. The molecule has 1 nitrogen and oxygen atoms in total. The van der Waals surface area contributed by atoms with Crippen molar-refractivity contribution in [1.29, 1.82) is 0 Å². The lowest BCUT2D eigenvalue weighted by Gasteiger charge is -1.95. The number of aryl methyl sites for hydroxylation is 1. The van der Waals surface area contributed by atoms with Crippen LogP contribution in [0, 0.1) is 0 Å². The first-order chi connectivity index (χ1) is 5.79. The smallest absolute Gasteiger partial charge is 0.0473 e. The van der Waals surface area contributed by atoms with Gasteiger partial charge in [0.2, 0.25) is 0 Å². The molecule has 0 fully saturated rings. The predicted octanol–water partition coefficient (Wildman–Crippen LogP) is 1.24. The van der Waals surface area contributed by atoms with Crippen LogP contribution in [0.5, 0.6) is 0 Å². The molecule has 0 N–H and O–H groups in total. The lowest BCUT2D eigenvalue weighted by molar-refractivity contribution is 1.01. The molecule has 0 atom stereocenters. The van der Waals surface area contributed by atoms with E-state index in [0.29, 0.717) is 0 Å². The normalized spacial score (nSPS) is 12.0. The number of hydrogen-bond acceptors (Lipinski definition) is 1. The minimum atomic E-state index is 0.963. The van der Waals surface area contributed by atoms with Gasteiger partial charge in [-0.05, 0) is 29.3 Å². The largest absolute Gasteiger partial charge is 0.261 e. The van der Waals surface area contributed by atoms with Crippen molar-refractivity contribution in [1.82, 2.24) is 4.98 Å². The van der Waals surface area contributed by atoms with Gasteiger partial charge in [0.25, 0.3) is 0 Å². The van der Waals surface area contributed by atoms with Crippen LogP contribution in [0.25, 0.3) is 12.7 Å². The van der Waals surface area contributed by atoms with E-state index in [0.717, 1.165) is 23.8 Å². The Balaban J connectivity index is 3.34. The fraction of sp³-hybridized carbons (Fsp3) is 0.364. The molecule has 0 saturated carbocycles. The fourth-order valence-electron chi connectivity index (χ4n) is 1.27. The van der Waals surface area contributed by atoms with Gasteiger partial charge in [0.1, 0.15) is 0 Å². The zero-order chi connectivity index (χ0) is 8.97. The second-order valence-corrected chi connectivity index (χ2v) is 2.79. The van der Waals surface area contributed by atoms with Crippen molar-refractivity contribution in [2.75, 3.05) is 0 Å². The quantitative estimate of drug-likeness (QED) is 0.636. The van der Waals surface area contributed by atoms with Crippen LogP contribution in [0.4, 0.5) is 0 Å². The summed E-state index contributed by atoms with van der Waals surface area (Å²) >= 11 is 0. The van der Waals surface area contributed by atoms with Crippen molar-refractivity contribution in [2.45, 2.75) is 26.7 Å². The third-order valence-electron chi connectivity index (χ3n) is 1.94. The van der Waals surface area contributed by atoms with Crippen LogP contribution in [-0.2, 0) is 6.42 Å². The van der Waals surface area contributed by atoms with Crippen molar-refractivity contribution in [3.63, 3.8) is 0 Å². The molecule has 0 amide bonds. The summed E-state index contributed by atoms with van der Waals surface area (Å²) in [6.07, 6.45) is 6.05. The average Bonchev–Trinajstić information content (AvgIpc) is 2.09. The van der Waals surface area contributed by atoms with Crippen LogP contribution in [-0.4, -0.2) is 4.98 Å². The molecular formula is C11H15N. The van der Waals surface area contributed by atoms with E-state index in [4.69, 9.17) is 0 Å². The summed E-state index contributed by atoms with van der Waals surface area (Å²) in [7, 11) is 0. The van der Waals surface area contributed by atoms with Crippen molar-refractivity contribution >= 4 is 12.7 Å². The van der Waals surface area contributed by atoms with Gasteiger partial charge in [-0.25, -0.2) is 0 Å². The molecule has 0 bridgehead atoms. The highest BCUT2D eigenvalue weighted by atomic mass is 14.7. The minimum Gasteiger partial charge on any atom is -0.261 e. The van der Waals surface area contributed by atoms with Gasteiger partial charge in [-0.2, -0.15) is 0 Å². The summed E-state index contributed by atoms with van der Waals surface area (Å²) in [5, 5.41) is 2.31. The minimum absolute atomic E-state index is 0.963. The molecule has 0 aliphatic rings. The number of pyridine rings is 1. The van der Waals surface area contributed by atoms with Gasteiger partial charge in [0.05, 0.1) is 0 Å². The molecule has 1 rings (SSSR count). The second kappa shape index (κ2) is 4.05. The van der Waals surface area contributed by atoms with Crippen molar-refractivity contribution in [3.05, 3.63) is 28.4 Å². The lowest BCUT2D eigenvalue weighted by Crippen LogP contribution is -2.27. The highest BCUT2D eigenvalue weighted by Crippen LogP contribution is 1.82. The molecule has 0 spiro atoms. The first-order valence-corrected chi connectivity index (χ1v) is 4.42. The molecule has 0 unspecified atom stereocenters. The van der Waals surface area contributed by atoms with Crippen LogP contribution in [0.3, 0.4) is 0 Å². The Hall–Kier alpha value is -1.11. The molecule has 0 aliphatic carbocycles. The fourth-order valence-corrected chi connectivity index (χ4v) is 1.27. The maximum absolute atomic E-state index is 4.26. The predicted molar refractivity (Wildman–Crippen MR) is 53.1 cm³/mol. The lowest BCUT2D eigenvalue weighted by atomic mass is 10.2. The molecule has 12 heavy (non-hydrogen) atoms. The molecule has 0 aromatic carbocycles. The molecule has 0 radical (unpaired) electrons. The van der Waals surface area contributed by atoms with E-state index >= 15 is 0 Å². The first-order valence-electron chi connectivity index (χ1n) is 4.42. The van der Waals surface area contributed by atoms with E-state index in [2.05, 4.69) is 31.5 Å². The standard InChI is InChI=1S/C11H15N/c1-4-6-10-7-8-12-11(5-2)9(10)3/h6-8H,3-5H2,1-2H3/b10-6-. The molecule has 1 aromatic rings. The molecule has 1 heterocycles. The first kappa shape index (κ1) is 8.98. The summed E-state index contributed by atoms with van der Waals surface area (Å²) < 4.78 is 0. The number of rotatable bonds is 2. The monoisotopic (exact) mass is 161 g/mol. The number of hydrogen-bond donors (Lipinski definition) is 0.